The number of nitrogens with one attached hydrogen (secondary N) is 1. The van der Waals surface area contributed by atoms with Crippen LogP contribution in [-0.2, 0) is 6.54 Å². The smallest absolute Gasteiger partial charge is 0.258 e. The number of halogens is 1. The summed E-state index contributed by atoms with van der Waals surface area (Å²) in [5.74, 6) is -0.708. The van der Waals surface area contributed by atoms with Crippen LogP contribution in [0.3, 0.4) is 0 Å². The number of hydrogen-bond acceptors (Lipinski definition) is 4. The zero-order chi connectivity index (χ0) is 17.6. The third-order valence-corrected chi connectivity index (χ3v) is 4.57. The van der Waals surface area contributed by atoms with Crippen LogP contribution >= 0.6 is 0 Å². The fourth-order valence-electron chi connectivity index (χ4n) is 3.09. The highest BCUT2D eigenvalue weighted by Gasteiger charge is 2.18. The van der Waals surface area contributed by atoms with Gasteiger partial charge in [0, 0.05) is 25.0 Å². The van der Waals surface area contributed by atoms with E-state index >= 15 is 0 Å². The van der Waals surface area contributed by atoms with Gasteiger partial charge in [-0.15, -0.1) is 0 Å². The van der Waals surface area contributed by atoms with E-state index in [1.165, 1.54) is 12.3 Å². The van der Waals surface area contributed by atoms with Crippen molar-refractivity contribution in [2.24, 2.45) is 5.92 Å². The molecule has 1 fully saturated rings. The van der Waals surface area contributed by atoms with E-state index in [0.29, 0.717) is 11.6 Å². The number of pyridine rings is 1. The van der Waals surface area contributed by atoms with Crippen molar-refractivity contribution in [1.29, 1.82) is 0 Å². The standard InChI is InChI=1S/C19H22FN3O2/c20-18-11-21-7-4-17(18)19(25)22-16-3-1-2-15(10-16)12-23-8-5-14(13-24)6-9-23/h1-4,7,10-11,14,24H,5-6,8-9,12-13H2,(H,22,25). The summed E-state index contributed by atoms with van der Waals surface area (Å²) < 4.78 is 13.6. The molecule has 0 unspecified atom stereocenters. The molecular formula is C19H22FN3O2. The Bertz CT molecular complexity index is 730. The van der Waals surface area contributed by atoms with Crippen molar-refractivity contribution in [3.05, 3.63) is 59.7 Å². The summed E-state index contributed by atoms with van der Waals surface area (Å²) in [6, 6.07) is 8.96. The van der Waals surface area contributed by atoms with Crippen LogP contribution in [0.1, 0.15) is 28.8 Å². The van der Waals surface area contributed by atoms with Crippen LogP contribution in [0.15, 0.2) is 42.7 Å². The van der Waals surface area contributed by atoms with Gasteiger partial charge in [0.15, 0.2) is 5.82 Å². The lowest BCUT2D eigenvalue weighted by molar-refractivity contribution is 0.102. The third-order valence-electron chi connectivity index (χ3n) is 4.57. The summed E-state index contributed by atoms with van der Waals surface area (Å²) in [5.41, 5.74) is 1.71. The number of hydrogen-bond donors (Lipinski definition) is 2. The monoisotopic (exact) mass is 343 g/mol. The number of likely N-dealkylation sites (tertiary alicyclic amines) is 1. The first-order valence-corrected chi connectivity index (χ1v) is 8.48. The Morgan fingerprint density at radius 1 is 1.32 bits per heavy atom. The zero-order valence-electron chi connectivity index (χ0n) is 14.0. The van der Waals surface area contributed by atoms with Crippen LogP contribution in [0.25, 0.3) is 0 Å². The topological polar surface area (TPSA) is 65.5 Å². The number of anilines is 1. The molecular weight excluding hydrogens is 321 g/mol. The largest absolute Gasteiger partial charge is 0.396 e. The van der Waals surface area contributed by atoms with Crippen molar-refractivity contribution in [3.63, 3.8) is 0 Å². The van der Waals surface area contributed by atoms with E-state index in [-0.39, 0.29) is 12.2 Å². The second-order valence-electron chi connectivity index (χ2n) is 6.41. The molecule has 0 bridgehead atoms. The van der Waals surface area contributed by atoms with Gasteiger partial charge in [0.1, 0.15) is 0 Å². The lowest BCUT2D eigenvalue weighted by Crippen LogP contribution is -2.34. The lowest BCUT2D eigenvalue weighted by atomic mass is 9.97. The summed E-state index contributed by atoms with van der Waals surface area (Å²) in [6.45, 7) is 2.99. The van der Waals surface area contributed by atoms with Crippen molar-refractivity contribution in [2.75, 3.05) is 25.0 Å². The van der Waals surface area contributed by atoms with Gasteiger partial charge in [-0.25, -0.2) is 4.39 Å². The van der Waals surface area contributed by atoms with Gasteiger partial charge in [-0.2, -0.15) is 0 Å². The van der Waals surface area contributed by atoms with Gasteiger partial charge < -0.3 is 10.4 Å². The van der Waals surface area contributed by atoms with E-state index in [1.54, 1.807) is 6.07 Å². The minimum Gasteiger partial charge on any atom is -0.396 e. The average molecular weight is 343 g/mol. The van der Waals surface area contributed by atoms with E-state index in [1.807, 2.05) is 18.2 Å². The maximum absolute atomic E-state index is 13.6. The maximum Gasteiger partial charge on any atom is 0.258 e. The second kappa shape index (κ2) is 8.18. The van der Waals surface area contributed by atoms with Crippen LogP contribution < -0.4 is 5.32 Å². The van der Waals surface area contributed by atoms with Crippen molar-refractivity contribution in [2.45, 2.75) is 19.4 Å². The molecule has 1 aromatic heterocycles. The minimum atomic E-state index is -0.636. The van der Waals surface area contributed by atoms with Crippen molar-refractivity contribution < 1.29 is 14.3 Å². The molecule has 1 saturated heterocycles. The molecule has 132 valence electrons. The van der Waals surface area contributed by atoms with Gasteiger partial charge in [-0.1, -0.05) is 12.1 Å². The maximum atomic E-state index is 13.6. The average Bonchev–Trinajstić information content (AvgIpc) is 2.63. The Labute approximate surface area is 146 Å². The van der Waals surface area contributed by atoms with Crippen molar-refractivity contribution in [3.8, 4) is 0 Å². The summed E-state index contributed by atoms with van der Waals surface area (Å²) in [6.07, 6.45) is 4.44. The number of aliphatic hydroxyl groups is 1. The Balaban J connectivity index is 1.62. The van der Waals surface area contributed by atoms with Crippen LogP contribution in [0.5, 0.6) is 0 Å². The first kappa shape index (κ1) is 17.5. The molecule has 0 atom stereocenters. The number of amides is 1. The Kier molecular flexibility index (Phi) is 5.73. The first-order valence-electron chi connectivity index (χ1n) is 8.48. The van der Waals surface area contributed by atoms with E-state index in [0.717, 1.165) is 44.2 Å². The van der Waals surface area contributed by atoms with Gasteiger partial charge in [-0.3, -0.25) is 14.7 Å². The molecule has 1 aromatic carbocycles. The molecule has 1 aliphatic rings. The quantitative estimate of drug-likeness (QED) is 0.876. The summed E-state index contributed by atoms with van der Waals surface area (Å²) in [4.78, 5) is 18.2. The van der Waals surface area contributed by atoms with E-state index in [4.69, 9.17) is 0 Å². The van der Waals surface area contributed by atoms with E-state index < -0.39 is 11.7 Å². The highest BCUT2D eigenvalue weighted by molar-refractivity contribution is 6.04. The van der Waals surface area contributed by atoms with Crippen LogP contribution in [0.4, 0.5) is 10.1 Å². The van der Waals surface area contributed by atoms with Crippen molar-refractivity contribution >= 4 is 11.6 Å². The Morgan fingerprint density at radius 3 is 2.84 bits per heavy atom. The molecule has 2 N–H and O–H groups in total. The predicted molar refractivity (Wildman–Crippen MR) is 93.7 cm³/mol. The number of aromatic nitrogens is 1. The Hall–Kier alpha value is -2.31. The number of nitrogens with zero attached hydrogens (tertiary/aromatic N) is 2. The van der Waals surface area contributed by atoms with Gasteiger partial charge in [0.25, 0.3) is 5.91 Å². The van der Waals surface area contributed by atoms with E-state index in [9.17, 15) is 14.3 Å². The number of carbonyl (C=O) groups is 1. The molecule has 25 heavy (non-hydrogen) atoms. The summed E-state index contributed by atoms with van der Waals surface area (Å²) in [7, 11) is 0. The van der Waals surface area contributed by atoms with Crippen LogP contribution in [0.2, 0.25) is 0 Å². The number of piperidine rings is 1. The molecule has 0 aliphatic carbocycles. The number of rotatable bonds is 5. The molecule has 3 rings (SSSR count). The van der Waals surface area contributed by atoms with Gasteiger partial charge in [0.05, 0.1) is 11.8 Å². The molecule has 1 amide bonds. The Morgan fingerprint density at radius 2 is 2.12 bits per heavy atom. The lowest BCUT2D eigenvalue weighted by Gasteiger charge is -2.31. The molecule has 0 radical (unpaired) electrons. The normalized spacial score (nSPS) is 15.9. The number of carbonyl (C=O) groups excluding carboxylic acids is 1. The number of benzene rings is 1. The molecule has 2 aromatic rings. The van der Waals surface area contributed by atoms with Crippen molar-refractivity contribution in [1.82, 2.24) is 9.88 Å². The fourth-order valence-corrected chi connectivity index (χ4v) is 3.09. The molecule has 2 heterocycles. The van der Waals surface area contributed by atoms with Crippen LogP contribution in [-0.4, -0.2) is 40.6 Å². The molecule has 0 saturated carbocycles. The van der Waals surface area contributed by atoms with E-state index in [2.05, 4.69) is 15.2 Å². The predicted octanol–water partition coefficient (Wildman–Crippen LogP) is 2.68. The SMILES string of the molecule is O=C(Nc1cccc(CN2CCC(CO)CC2)c1)c1ccncc1F. The van der Waals surface area contributed by atoms with Gasteiger partial charge >= 0.3 is 0 Å². The molecule has 5 nitrogen and oxygen atoms in total. The second-order valence-corrected chi connectivity index (χ2v) is 6.41. The third kappa shape index (κ3) is 4.61. The molecule has 6 heteroatoms. The first-order chi connectivity index (χ1) is 12.2. The number of aliphatic hydroxyl groups excluding tert-OH is 1. The van der Waals surface area contributed by atoms with Crippen LogP contribution in [0, 0.1) is 11.7 Å². The fraction of sp³-hybridized carbons (Fsp3) is 0.368. The highest BCUT2D eigenvalue weighted by atomic mass is 19.1. The molecule has 1 aliphatic heterocycles. The summed E-state index contributed by atoms with van der Waals surface area (Å²) in [5, 5.41) is 11.9. The highest BCUT2D eigenvalue weighted by Crippen LogP contribution is 2.20. The van der Waals surface area contributed by atoms with Gasteiger partial charge in [0.2, 0.25) is 0 Å². The van der Waals surface area contributed by atoms with Gasteiger partial charge in [-0.05, 0) is 55.6 Å². The summed E-state index contributed by atoms with van der Waals surface area (Å²) >= 11 is 0. The zero-order valence-corrected chi connectivity index (χ0v) is 14.0. The molecule has 0 spiro atoms. The minimum absolute atomic E-state index is 0.0218.